The van der Waals surface area contributed by atoms with E-state index in [1.807, 2.05) is 27.7 Å². The highest BCUT2D eigenvalue weighted by Crippen LogP contribution is 2.19. The molecule has 0 atom stereocenters. The highest BCUT2D eigenvalue weighted by Gasteiger charge is 2.27. The first-order valence-electron chi connectivity index (χ1n) is 7.62. The number of ether oxygens (including phenoxy) is 1. The molecule has 132 valence electrons. The first-order chi connectivity index (χ1) is 10.5. The monoisotopic (exact) mass is 344 g/mol. The molecule has 0 aromatic heterocycles. The average Bonchev–Trinajstić information content (AvgIpc) is 2.37. The summed E-state index contributed by atoms with van der Waals surface area (Å²) >= 11 is 0. The van der Waals surface area contributed by atoms with Crippen molar-refractivity contribution in [2.24, 2.45) is 0 Å². The van der Waals surface area contributed by atoms with Gasteiger partial charge in [-0.1, -0.05) is 0 Å². The summed E-state index contributed by atoms with van der Waals surface area (Å²) in [7, 11) is -3.61. The number of aliphatic hydroxyl groups excluding tert-OH is 1. The van der Waals surface area contributed by atoms with Gasteiger partial charge in [0.15, 0.2) is 0 Å². The minimum absolute atomic E-state index is 0.0557. The van der Waals surface area contributed by atoms with E-state index in [4.69, 9.17) is 15.6 Å². The van der Waals surface area contributed by atoms with Gasteiger partial charge in [0.2, 0.25) is 10.0 Å². The van der Waals surface area contributed by atoms with Crippen LogP contribution in [0.4, 0.5) is 5.69 Å². The van der Waals surface area contributed by atoms with Crippen LogP contribution in [0.3, 0.4) is 0 Å². The molecule has 0 saturated heterocycles. The SMILES string of the molecule is CC(C)(CCOC(C)(C)CCO)NS(=O)(=O)c1ccc(N)cc1. The number of aliphatic hydroxyl groups is 1. The second kappa shape index (κ2) is 7.61. The number of hydrogen-bond donors (Lipinski definition) is 3. The minimum atomic E-state index is -3.61. The summed E-state index contributed by atoms with van der Waals surface area (Å²) in [6.45, 7) is 7.86. The third-order valence-electron chi connectivity index (χ3n) is 3.53. The first kappa shape index (κ1) is 19.9. The summed E-state index contributed by atoms with van der Waals surface area (Å²) in [6.07, 6.45) is 1.04. The van der Waals surface area contributed by atoms with Crippen molar-refractivity contribution in [1.29, 1.82) is 0 Å². The maximum atomic E-state index is 12.4. The molecule has 0 saturated carbocycles. The van der Waals surface area contributed by atoms with E-state index in [-0.39, 0.29) is 11.5 Å². The van der Waals surface area contributed by atoms with Crippen molar-refractivity contribution in [1.82, 2.24) is 4.72 Å². The van der Waals surface area contributed by atoms with E-state index in [0.29, 0.717) is 25.1 Å². The third-order valence-corrected chi connectivity index (χ3v) is 5.25. The van der Waals surface area contributed by atoms with Crippen LogP contribution in [0.5, 0.6) is 0 Å². The molecule has 0 heterocycles. The Bertz CT molecular complexity index is 595. The van der Waals surface area contributed by atoms with Crippen LogP contribution in [0.15, 0.2) is 29.2 Å². The molecule has 0 amide bonds. The third kappa shape index (κ3) is 6.87. The van der Waals surface area contributed by atoms with Gasteiger partial charge in [-0.05, 0) is 64.8 Å². The lowest BCUT2D eigenvalue weighted by Crippen LogP contribution is -2.44. The zero-order chi connectivity index (χ0) is 17.7. The van der Waals surface area contributed by atoms with Gasteiger partial charge in [-0.3, -0.25) is 0 Å². The van der Waals surface area contributed by atoms with E-state index in [0.717, 1.165) is 0 Å². The molecule has 4 N–H and O–H groups in total. The number of nitrogen functional groups attached to an aromatic ring is 1. The summed E-state index contributed by atoms with van der Waals surface area (Å²) < 4.78 is 33.2. The van der Waals surface area contributed by atoms with Gasteiger partial charge in [-0.2, -0.15) is 0 Å². The van der Waals surface area contributed by atoms with Gasteiger partial charge in [0.05, 0.1) is 10.5 Å². The number of benzene rings is 1. The highest BCUT2D eigenvalue weighted by molar-refractivity contribution is 7.89. The standard InChI is InChI=1S/C16H28N2O4S/c1-15(2,10-12-22-16(3,4)9-11-19)18-23(20,21)14-7-5-13(17)6-8-14/h5-8,18-19H,9-12,17H2,1-4H3. The summed E-state index contributed by atoms with van der Waals surface area (Å²) in [6, 6.07) is 6.08. The lowest BCUT2D eigenvalue weighted by Gasteiger charge is -2.29. The van der Waals surface area contributed by atoms with Crippen LogP contribution >= 0.6 is 0 Å². The predicted octanol–water partition coefficient (Wildman–Crippen LogP) is 1.89. The van der Waals surface area contributed by atoms with Crippen molar-refractivity contribution in [3.63, 3.8) is 0 Å². The van der Waals surface area contributed by atoms with E-state index in [2.05, 4.69) is 4.72 Å². The van der Waals surface area contributed by atoms with Gasteiger partial charge < -0.3 is 15.6 Å². The molecule has 0 radical (unpaired) electrons. The molecule has 0 spiro atoms. The number of nitrogens with two attached hydrogens (primary N) is 1. The van der Waals surface area contributed by atoms with Crippen molar-refractivity contribution >= 4 is 15.7 Å². The van der Waals surface area contributed by atoms with E-state index in [1.54, 1.807) is 12.1 Å². The predicted molar refractivity (Wildman–Crippen MR) is 91.6 cm³/mol. The maximum Gasteiger partial charge on any atom is 0.241 e. The Labute approximate surface area is 139 Å². The van der Waals surface area contributed by atoms with Crippen molar-refractivity contribution < 1.29 is 18.3 Å². The Morgan fingerprint density at radius 1 is 1.13 bits per heavy atom. The Kier molecular flexibility index (Phi) is 6.59. The molecule has 0 unspecified atom stereocenters. The number of hydrogen-bond acceptors (Lipinski definition) is 5. The Balaban J connectivity index is 2.65. The Morgan fingerprint density at radius 2 is 1.70 bits per heavy atom. The van der Waals surface area contributed by atoms with Crippen molar-refractivity contribution in [3.05, 3.63) is 24.3 Å². The van der Waals surface area contributed by atoms with E-state index >= 15 is 0 Å². The molecule has 0 aliphatic rings. The molecule has 6 nitrogen and oxygen atoms in total. The normalized spacial score (nSPS) is 13.3. The highest BCUT2D eigenvalue weighted by atomic mass is 32.2. The van der Waals surface area contributed by atoms with Crippen LogP contribution in [0.25, 0.3) is 0 Å². The van der Waals surface area contributed by atoms with E-state index in [1.165, 1.54) is 12.1 Å². The topological polar surface area (TPSA) is 102 Å². The molecular formula is C16H28N2O4S. The zero-order valence-electron chi connectivity index (χ0n) is 14.3. The number of rotatable bonds is 9. The van der Waals surface area contributed by atoms with Gasteiger partial charge in [-0.25, -0.2) is 13.1 Å². The minimum Gasteiger partial charge on any atom is -0.399 e. The summed E-state index contributed by atoms with van der Waals surface area (Å²) in [5.74, 6) is 0. The second-order valence-corrected chi connectivity index (χ2v) is 8.57. The first-order valence-corrected chi connectivity index (χ1v) is 9.10. The molecule has 7 heteroatoms. The zero-order valence-corrected chi connectivity index (χ0v) is 15.1. The molecule has 23 heavy (non-hydrogen) atoms. The van der Waals surface area contributed by atoms with Crippen molar-refractivity contribution in [2.45, 2.75) is 56.6 Å². The van der Waals surface area contributed by atoms with Crippen molar-refractivity contribution in [3.8, 4) is 0 Å². The fourth-order valence-electron chi connectivity index (χ4n) is 2.04. The number of sulfonamides is 1. The summed E-state index contributed by atoms with van der Waals surface area (Å²) in [5, 5.41) is 8.98. The summed E-state index contributed by atoms with van der Waals surface area (Å²) in [5.41, 5.74) is 5.01. The molecule has 0 aliphatic heterocycles. The molecule has 0 fully saturated rings. The molecule has 1 aromatic rings. The van der Waals surface area contributed by atoms with Gasteiger partial charge in [0.25, 0.3) is 0 Å². The van der Waals surface area contributed by atoms with Gasteiger partial charge in [-0.15, -0.1) is 0 Å². The molecular weight excluding hydrogens is 316 g/mol. The van der Waals surface area contributed by atoms with Crippen molar-refractivity contribution in [2.75, 3.05) is 18.9 Å². The molecule has 1 rings (SSSR count). The lowest BCUT2D eigenvalue weighted by molar-refractivity contribution is -0.0382. The quantitative estimate of drug-likeness (QED) is 0.594. The number of nitrogens with one attached hydrogen (secondary N) is 1. The van der Waals surface area contributed by atoms with E-state index in [9.17, 15) is 8.42 Å². The second-order valence-electron chi connectivity index (χ2n) is 6.89. The van der Waals surface area contributed by atoms with Crippen LogP contribution < -0.4 is 10.5 Å². The van der Waals surface area contributed by atoms with Gasteiger partial charge in [0, 0.05) is 24.4 Å². The van der Waals surface area contributed by atoms with Crippen LogP contribution in [0, 0.1) is 0 Å². The van der Waals surface area contributed by atoms with Crippen LogP contribution in [0.2, 0.25) is 0 Å². The molecule has 0 bridgehead atoms. The Morgan fingerprint density at radius 3 is 2.22 bits per heavy atom. The molecule has 1 aromatic carbocycles. The Hall–Kier alpha value is -1.15. The maximum absolute atomic E-state index is 12.4. The summed E-state index contributed by atoms with van der Waals surface area (Å²) in [4.78, 5) is 0.182. The average molecular weight is 344 g/mol. The fraction of sp³-hybridized carbons (Fsp3) is 0.625. The van der Waals surface area contributed by atoms with E-state index < -0.39 is 21.2 Å². The fourth-order valence-corrected chi connectivity index (χ4v) is 3.49. The van der Waals surface area contributed by atoms with Crippen LogP contribution in [-0.2, 0) is 14.8 Å². The molecule has 0 aliphatic carbocycles. The smallest absolute Gasteiger partial charge is 0.241 e. The van der Waals surface area contributed by atoms with Crippen LogP contribution in [0.1, 0.15) is 40.5 Å². The van der Waals surface area contributed by atoms with Gasteiger partial charge in [0.1, 0.15) is 0 Å². The number of anilines is 1. The lowest BCUT2D eigenvalue weighted by atomic mass is 10.0. The van der Waals surface area contributed by atoms with Gasteiger partial charge >= 0.3 is 0 Å². The van der Waals surface area contributed by atoms with Crippen LogP contribution in [-0.4, -0.2) is 37.9 Å². The largest absolute Gasteiger partial charge is 0.399 e.